The van der Waals surface area contributed by atoms with Gasteiger partial charge in [-0.3, -0.25) is 29.4 Å². The lowest BCUT2D eigenvalue weighted by atomic mass is 9.86. The van der Waals surface area contributed by atoms with Gasteiger partial charge in [-0.1, -0.05) is 25.0 Å². The summed E-state index contributed by atoms with van der Waals surface area (Å²) in [4.78, 5) is 73.8. The van der Waals surface area contributed by atoms with E-state index in [9.17, 15) is 19.2 Å². The minimum absolute atomic E-state index is 0.0308. The molecule has 8 rings (SSSR count). The highest BCUT2D eigenvalue weighted by molar-refractivity contribution is 6.02. The van der Waals surface area contributed by atoms with Crippen LogP contribution in [0.1, 0.15) is 79.4 Å². The lowest BCUT2D eigenvalue weighted by molar-refractivity contribution is -0.134. The molecule has 4 aromatic rings. The quantitative estimate of drug-likeness (QED) is 0.166. The molecule has 15 heteroatoms. The van der Waals surface area contributed by atoms with E-state index in [0.717, 1.165) is 105 Å². The van der Waals surface area contributed by atoms with Gasteiger partial charge < -0.3 is 29.5 Å². The smallest absolute Gasteiger partial charge is 0.270 e. The lowest BCUT2D eigenvalue weighted by Crippen LogP contribution is -2.54. The maximum absolute atomic E-state index is 13.1. The fraction of sp³-hybridized carbons (Fsp3) is 0.488. The number of aromatic nitrogens is 4. The van der Waals surface area contributed by atoms with Crippen molar-refractivity contribution in [2.24, 2.45) is 0 Å². The third kappa shape index (κ3) is 7.15. The first-order valence-electron chi connectivity index (χ1n) is 19.8. The monoisotopic (exact) mass is 761 g/mol. The van der Waals surface area contributed by atoms with Crippen LogP contribution in [-0.4, -0.2) is 120 Å². The zero-order valence-corrected chi connectivity index (χ0v) is 32.6. The molecule has 1 unspecified atom stereocenters. The van der Waals surface area contributed by atoms with E-state index in [4.69, 9.17) is 9.97 Å². The number of hydrogen-bond donors (Lipinski definition) is 2. The van der Waals surface area contributed by atoms with Gasteiger partial charge in [-0.25, -0.2) is 9.97 Å². The maximum atomic E-state index is 13.1. The molecule has 2 N–H and O–H groups in total. The van der Waals surface area contributed by atoms with Gasteiger partial charge in [0.1, 0.15) is 23.2 Å². The summed E-state index contributed by atoms with van der Waals surface area (Å²) in [6, 6.07) is 12.2. The summed E-state index contributed by atoms with van der Waals surface area (Å²) in [5.74, 6) is 0.792. The number of nitrogens with zero attached hydrogens (tertiary/aromatic N) is 9. The Kier molecular flexibility index (Phi) is 10.4. The molecule has 0 bridgehead atoms. The van der Waals surface area contributed by atoms with Crippen molar-refractivity contribution in [3.63, 3.8) is 0 Å². The minimum atomic E-state index is -0.480. The summed E-state index contributed by atoms with van der Waals surface area (Å²) in [5, 5.41) is 6.59. The molecule has 4 fully saturated rings. The van der Waals surface area contributed by atoms with E-state index in [1.165, 1.54) is 0 Å². The van der Waals surface area contributed by atoms with Gasteiger partial charge in [0.2, 0.25) is 24.2 Å². The van der Waals surface area contributed by atoms with Crippen molar-refractivity contribution in [1.82, 2.24) is 34.6 Å². The topological polar surface area (TPSA) is 152 Å². The molecule has 4 amide bonds. The van der Waals surface area contributed by atoms with Crippen LogP contribution in [-0.2, 0) is 14.4 Å². The zero-order chi connectivity index (χ0) is 39.1. The molecule has 0 radical (unpaired) electrons. The van der Waals surface area contributed by atoms with E-state index in [1.807, 2.05) is 42.4 Å². The van der Waals surface area contributed by atoms with Gasteiger partial charge in [-0.05, 0) is 61.9 Å². The molecule has 15 nitrogen and oxygen atoms in total. The summed E-state index contributed by atoms with van der Waals surface area (Å²) in [5.41, 5.74) is 5.22. The molecule has 1 saturated carbocycles. The van der Waals surface area contributed by atoms with Crippen LogP contribution in [0.3, 0.4) is 0 Å². The van der Waals surface area contributed by atoms with E-state index in [-0.39, 0.29) is 29.7 Å². The van der Waals surface area contributed by atoms with Crippen molar-refractivity contribution >= 4 is 64.0 Å². The number of imide groups is 1. The minimum Gasteiger partial charge on any atom is -0.370 e. The Labute approximate surface area is 327 Å². The summed E-state index contributed by atoms with van der Waals surface area (Å²) >= 11 is 0. The predicted octanol–water partition coefficient (Wildman–Crippen LogP) is 4.29. The van der Waals surface area contributed by atoms with Gasteiger partial charge in [-0.15, -0.1) is 0 Å². The molecule has 3 aromatic heterocycles. The van der Waals surface area contributed by atoms with Crippen LogP contribution in [0.15, 0.2) is 48.8 Å². The molecule has 56 heavy (non-hydrogen) atoms. The number of fused-ring (bicyclic) bond motifs is 1. The Balaban J connectivity index is 0.884. The first-order chi connectivity index (χ1) is 27.1. The van der Waals surface area contributed by atoms with Gasteiger partial charge in [0.05, 0.1) is 23.3 Å². The highest BCUT2D eigenvalue weighted by Crippen LogP contribution is 2.42. The second kappa shape index (κ2) is 15.5. The number of anilines is 5. The summed E-state index contributed by atoms with van der Waals surface area (Å²) in [6.45, 7) is 3.67. The number of carbonyl (C=O) groups is 4. The highest BCUT2D eigenvalue weighted by Gasteiger charge is 2.38. The standard InChI is InChI=1S/C41H51N11O4/c1-47(2)40(56)34-20-26-21-43-41(46-38(26)52(34)29-8-5-6-9-29)44-35-14-12-30(22-42-35)50-18-16-28(17-19-50)51-23-27(24-51)31-10-7-11-32(37(31)48(3)25-53)49(4)33-13-15-36(54)45-39(33)55/h7,10-12,14,20-22,25,27-29,33H,5-6,8-9,13,15-19,23-24H2,1-4H3,(H,45,54,55)(H,42,43,44,46). The molecule has 4 aliphatic rings. The fourth-order valence-corrected chi connectivity index (χ4v) is 9.07. The van der Waals surface area contributed by atoms with E-state index in [2.05, 4.69) is 42.1 Å². The molecule has 3 aliphatic heterocycles. The Morgan fingerprint density at radius 2 is 1.70 bits per heavy atom. The Morgan fingerprint density at radius 3 is 2.38 bits per heavy atom. The van der Waals surface area contributed by atoms with Crippen molar-refractivity contribution < 1.29 is 19.2 Å². The van der Waals surface area contributed by atoms with Crippen molar-refractivity contribution in [3.05, 3.63) is 60.0 Å². The number of pyridine rings is 1. The number of nitrogens with one attached hydrogen (secondary N) is 2. The van der Waals surface area contributed by atoms with Crippen molar-refractivity contribution in [1.29, 1.82) is 0 Å². The molecule has 3 saturated heterocycles. The molecule has 0 spiro atoms. The van der Waals surface area contributed by atoms with Crippen LogP contribution < -0.4 is 25.3 Å². The van der Waals surface area contributed by atoms with Gasteiger partial charge in [0.25, 0.3) is 5.91 Å². The first kappa shape index (κ1) is 37.4. The molecule has 294 valence electrons. The second-order valence-electron chi connectivity index (χ2n) is 15.9. The van der Waals surface area contributed by atoms with E-state index in [0.29, 0.717) is 36.3 Å². The Hall–Kier alpha value is -5.57. The van der Waals surface area contributed by atoms with Crippen molar-refractivity contribution in [2.45, 2.75) is 75.4 Å². The average Bonchev–Trinajstić information content (AvgIpc) is 3.85. The van der Waals surface area contributed by atoms with E-state index in [1.54, 1.807) is 37.1 Å². The summed E-state index contributed by atoms with van der Waals surface area (Å²) in [7, 11) is 7.17. The second-order valence-corrected chi connectivity index (χ2v) is 15.9. The number of carbonyl (C=O) groups excluding carboxylic acids is 4. The van der Waals surface area contributed by atoms with E-state index >= 15 is 0 Å². The van der Waals surface area contributed by atoms with Crippen molar-refractivity contribution in [3.8, 4) is 0 Å². The first-order valence-corrected chi connectivity index (χ1v) is 19.8. The van der Waals surface area contributed by atoms with Crippen LogP contribution >= 0.6 is 0 Å². The molecule has 1 aromatic carbocycles. The number of likely N-dealkylation sites (N-methyl/N-ethyl adjacent to an activating group) is 1. The third-order valence-corrected chi connectivity index (χ3v) is 12.2. The van der Waals surface area contributed by atoms with Crippen molar-refractivity contribution in [2.75, 3.05) is 74.4 Å². The van der Waals surface area contributed by atoms with Gasteiger partial charge >= 0.3 is 0 Å². The van der Waals surface area contributed by atoms with Crippen LogP contribution in [0.2, 0.25) is 0 Å². The van der Waals surface area contributed by atoms with E-state index < -0.39 is 6.04 Å². The number of hydrogen-bond acceptors (Lipinski definition) is 11. The van der Waals surface area contributed by atoms with Gasteiger partial charge in [0, 0.05) is 90.4 Å². The predicted molar refractivity (Wildman–Crippen MR) is 216 cm³/mol. The highest BCUT2D eigenvalue weighted by atomic mass is 16.2. The number of amides is 4. The third-order valence-electron chi connectivity index (χ3n) is 12.2. The van der Waals surface area contributed by atoms with Crippen LogP contribution in [0.4, 0.5) is 28.8 Å². The summed E-state index contributed by atoms with van der Waals surface area (Å²) < 4.78 is 2.12. The molecule has 6 heterocycles. The van der Waals surface area contributed by atoms with Crippen LogP contribution in [0.25, 0.3) is 11.0 Å². The number of benzene rings is 1. The number of rotatable bonds is 11. The van der Waals surface area contributed by atoms with Gasteiger partial charge in [0.15, 0.2) is 0 Å². The van der Waals surface area contributed by atoms with Crippen LogP contribution in [0.5, 0.6) is 0 Å². The largest absolute Gasteiger partial charge is 0.370 e. The molecule has 1 atom stereocenters. The summed E-state index contributed by atoms with van der Waals surface area (Å²) in [6.07, 6.45) is 11.7. The zero-order valence-electron chi connectivity index (χ0n) is 32.6. The average molecular weight is 762 g/mol. The molecular formula is C41H51N11O4. The number of likely N-dealkylation sites (tertiary alicyclic amines) is 1. The normalized spacial score (nSPS) is 19.9. The lowest BCUT2D eigenvalue weighted by Gasteiger charge is -2.48. The SMILES string of the molecule is CN(C)C(=O)c1cc2cnc(Nc3ccc(N4CCC(N5CC(c6cccc(N(C)C7CCC(=O)NC7=O)c6N(C)C=O)C5)CC4)cn3)nc2n1C1CCCC1. The molecular weight excluding hydrogens is 711 g/mol. The maximum Gasteiger partial charge on any atom is 0.270 e. The number of para-hydroxylation sites is 1. The Bertz CT molecular complexity index is 2120. The van der Waals surface area contributed by atoms with Gasteiger partial charge in [-0.2, -0.15) is 4.98 Å². The Morgan fingerprint density at radius 1 is 0.929 bits per heavy atom. The van der Waals surface area contributed by atoms with Crippen LogP contribution in [0, 0.1) is 0 Å². The fourth-order valence-electron chi connectivity index (χ4n) is 9.07. The molecule has 1 aliphatic carbocycles. The number of piperidine rings is 2.